The highest BCUT2D eigenvalue weighted by atomic mass is 19.1. The predicted molar refractivity (Wildman–Crippen MR) is 49.1 cm³/mol. The minimum atomic E-state index is -1.86. The molecule has 0 saturated heterocycles. The highest BCUT2D eigenvalue weighted by Gasteiger charge is 2.16. The summed E-state index contributed by atoms with van der Waals surface area (Å²) in [7, 11) is -1.86. The van der Waals surface area contributed by atoms with E-state index in [9.17, 15) is 4.39 Å². The number of hydrogen-bond donors (Lipinski definition) is 2. The fraction of sp³-hybridized carbons (Fsp3) is 0.143. The standard InChI is InChI=1S/C7H7BFN3O2/c9-7-2-1-5(4-11-12-10)3-6(7)8(13)14/h1-3,13-14H,4H2. The van der Waals surface area contributed by atoms with Crippen LogP contribution in [0.1, 0.15) is 5.56 Å². The van der Waals surface area contributed by atoms with E-state index in [1.165, 1.54) is 12.1 Å². The van der Waals surface area contributed by atoms with E-state index in [1.54, 1.807) is 0 Å². The molecular formula is C7H7BFN3O2. The zero-order chi connectivity index (χ0) is 10.6. The van der Waals surface area contributed by atoms with Crippen molar-refractivity contribution in [3.63, 3.8) is 0 Å². The van der Waals surface area contributed by atoms with E-state index in [4.69, 9.17) is 15.6 Å². The number of azide groups is 1. The van der Waals surface area contributed by atoms with Gasteiger partial charge in [-0.2, -0.15) is 0 Å². The third kappa shape index (κ3) is 2.46. The number of rotatable bonds is 3. The monoisotopic (exact) mass is 195 g/mol. The first kappa shape index (κ1) is 10.5. The molecule has 2 N–H and O–H groups in total. The SMILES string of the molecule is [N-]=[N+]=NCc1ccc(F)c(B(O)O)c1. The first-order chi connectivity index (χ1) is 6.65. The molecule has 0 atom stereocenters. The average Bonchev–Trinajstić information content (AvgIpc) is 2.16. The number of nitrogens with zero attached hydrogens (tertiary/aromatic N) is 3. The zero-order valence-corrected chi connectivity index (χ0v) is 7.13. The number of hydrogen-bond acceptors (Lipinski definition) is 3. The maximum atomic E-state index is 12.9. The minimum Gasteiger partial charge on any atom is -0.423 e. The Kier molecular flexibility index (Phi) is 3.47. The molecule has 5 nitrogen and oxygen atoms in total. The lowest BCUT2D eigenvalue weighted by Crippen LogP contribution is -2.33. The van der Waals surface area contributed by atoms with Crippen molar-refractivity contribution in [2.45, 2.75) is 6.54 Å². The van der Waals surface area contributed by atoms with E-state index in [0.29, 0.717) is 5.56 Å². The van der Waals surface area contributed by atoms with Gasteiger partial charge in [0.25, 0.3) is 0 Å². The molecule has 0 aliphatic rings. The van der Waals surface area contributed by atoms with Crippen LogP contribution in [-0.4, -0.2) is 17.2 Å². The molecule has 0 bridgehead atoms. The Morgan fingerprint density at radius 2 is 2.21 bits per heavy atom. The molecule has 1 aromatic carbocycles. The molecule has 14 heavy (non-hydrogen) atoms. The Balaban J connectivity index is 2.99. The minimum absolute atomic E-state index is 0.0521. The quantitative estimate of drug-likeness (QED) is 0.314. The largest absolute Gasteiger partial charge is 0.491 e. The molecular weight excluding hydrogens is 188 g/mol. The van der Waals surface area contributed by atoms with Gasteiger partial charge in [-0.15, -0.1) is 0 Å². The highest BCUT2D eigenvalue weighted by Crippen LogP contribution is 2.03. The second-order valence-electron chi connectivity index (χ2n) is 2.62. The van der Waals surface area contributed by atoms with E-state index in [-0.39, 0.29) is 12.0 Å². The van der Waals surface area contributed by atoms with Gasteiger partial charge in [-0.1, -0.05) is 17.2 Å². The van der Waals surface area contributed by atoms with Crippen molar-refractivity contribution in [3.8, 4) is 0 Å². The third-order valence-corrected chi connectivity index (χ3v) is 1.66. The first-order valence-electron chi connectivity index (χ1n) is 3.80. The molecule has 0 heterocycles. The summed E-state index contributed by atoms with van der Waals surface area (Å²) in [6.45, 7) is 0.0521. The molecule has 0 radical (unpaired) electrons. The molecule has 0 amide bonds. The summed E-state index contributed by atoms with van der Waals surface area (Å²) in [5.41, 5.74) is 8.34. The molecule has 0 aliphatic heterocycles. The van der Waals surface area contributed by atoms with E-state index < -0.39 is 12.9 Å². The lowest BCUT2D eigenvalue weighted by atomic mass is 9.79. The van der Waals surface area contributed by atoms with Gasteiger partial charge in [0.1, 0.15) is 5.82 Å². The Hall–Kier alpha value is -1.56. The first-order valence-corrected chi connectivity index (χ1v) is 3.80. The molecule has 0 saturated carbocycles. The van der Waals surface area contributed by atoms with Gasteiger partial charge in [-0.25, -0.2) is 4.39 Å². The second kappa shape index (κ2) is 4.62. The van der Waals surface area contributed by atoms with Crippen LogP contribution < -0.4 is 5.46 Å². The lowest BCUT2D eigenvalue weighted by Gasteiger charge is -2.03. The van der Waals surface area contributed by atoms with E-state index in [2.05, 4.69) is 10.0 Å². The predicted octanol–water partition coefficient (Wildman–Crippen LogP) is 0.316. The van der Waals surface area contributed by atoms with Crippen LogP contribution in [-0.2, 0) is 6.54 Å². The molecule has 0 fully saturated rings. The van der Waals surface area contributed by atoms with Crippen LogP contribution in [0.3, 0.4) is 0 Å². The molecule has 72 valence electrons. The van der Waals surface area contributed by atoms with Gasteiger partial charge in [0, 0.05) is 10.4 Å². The third-order valence-electron chi connectivity index (χ3n) is 1.66. The maximum Gasteiger partial charge on any atom is 0.491 e. The van der Waals surface area contributed by atoms with Gasteiger partial charge in [0.05, 0.1) is 6.54 Å². The molecule has 0 aliphatic carbocycles. The molecule has 0 aromatic heterocycles. The van der Waals surface area contributed by atoms with Crippen molar-refractivity contribution in [2.75, 3.05) is 0 Å². The Bertz CT molecular complexity index is 379. The maximum absolute atomic E-state index is 12.9. The van der Waals surface area contributed by atoms with Crippen molar-refractivity contribution < 1.29 is 14.4 Å². The number of halogens is 1. The van der Waals surface area contributed by atoms with Gasteiger partial charge in [0.15, 0.2) is 0 Å². The van der Waals surface area contributed by atoms with Crippen molar-refractivity contribution in [1.82, 2.24) is 0 Å². The van der Waals surface area contributed by atoms with Crippen molar-refractivity contribution >= 4 is 12.6 Å². The Morgan fingerprint density at radius 1 is 1.50 bits per heavy atom. The van der Waals surface area contributed by atoms with Crippen LogP contribution in [0.2, 0.25) is 0 Å². The van der Waals surface area contributed by atoms with Crippen LogP contribution in [0.4, 0.5) is 4.39 Å². The van der Waals surface area contributed by atoms with E-state index >= 15 is 0 Å². The van der Waals surface area contributed by atoms with Crippen LogP contribution >= 0.6 is 0 Å². The smallest absolute Gasteiger partial charge is 0.423 e. The summed E-state index contributed by atoms with van der Waals surface area (Å²) in [6.07, 6.45) is 0. The molecule has 1 rings (SSSR count). The molecule has 7 heteroatoms. The Morgan fingerprint density at radius 3 is 2.79 bits per heavy atom. The van der Waals surface area contributed by atoms with Crippen LogP contribution in [0.25, 0.3) is 10.4 Å². The molecule has 0 unspecified atom stereocenters. The van der Waals surface area contributed by atoms with E-state index in [1.807, 2.05) is 0 Å². The van der Waals surface area contributed by atoms with E-state index in [0.717, 1.165) is 6.07 Å². The summed E-state index contributed by atoms with van der Waals surface area (Å²) in [4.78, 5) is 2.53. The van der Waals surface area contributed by atoms with Crippen LogP contribution in [0.5, 0.6) is 0 Å². The second-order valence-corrected chi connectivity index (χ2v) is 2.62. The fourth-order valence-electron chi connectivity index (χ4n) is 1.00. The molecule has 0 spiro atoms. The van der Waals surface area contributed by atoms with Gasteiger partial charge >= 0.3 is 7.12 Å². The lowest BCUT2D eigenvalue weighted by molar-refractivity contribution is 0.423. The topological polar surface area (TPSA) is 89.2 Å². The highest BCUT2D eigenvalue weighted by molar-refractivity contribution is 6.58. The number of benzene rings is 1. The van der Waals surface area contributed by atoms with Gasteiger partial charge in [0.2, 0.25) is 0 Å². The summed E-state index contributed by atoms with van der Waals surface area (Å²) >= 11 is 0. The van der Waals surface area contributed by atoms with Gasteiger partial charge in [-0.05, 0) is 17.2 Å². The van der Waals surface area contributed by atoms with Crippen molar-refractivity contribution in [2.24, 2.45) is 5.11 Å². The fourth-order valence-corrected chi connectivity index (χ4v) is 1.00. The summed E-state index contributed by atoms with van der Waals surface area (Å²) in [6, 6.07) is 3.75. The average molecular weight is 195 g/mol. The van der Waals surface area contributed by atoms with Crippen molar-refractivity contribution in [3.05, 3.63) is 40.0 Å². The Labute approximate surface area is 79.6 Å². The summed E-state index contributed by atoms with van der Waals surface area (Å²) in [5.74, 6) is -0.704. The van der Waals surface area contributed by atoms with Crippen molar-refractivity contribution in [1.29, 1.82) is 0 Å². The summed E-state index contributed by atoms with van der Waals surface area (Å²) < 4.78 is 12.9. The summed E-state index contributed by atoms with van der Waals surface area (Å²) in [5, 5.41) is 20.8. The normalized spacial score (nSPS) is 9.36. The van der Waals surface area contributed by atoms with Crippen LogP contribution in [0.15, 0.2) is 23.3 Å². The molecule has 1 aromatic rings. The zero-order valence-electron chi connectivity index (χ0n) is 7.13. The van der Waals surface area contributed by atoms with Gasteiger partial charge in [-0.3, -0.25) is 0 Å². The van der Waals surface area contributed by atoms with Crippen LogP contribution in [0, 0.1) is 5.82 Å². The van der Waals surface area contributed by atoms with Gasteiger partial charge < -0.3 is 10.0 Å².